The number of Topliss-reactive ketones (excluding diaryl/α,β-unsaturated/α-hetero) is 1. The van der Waals surface area contributed by atoms with Gasteiger partial charge < -0.3 is 0 Å². The van der Waals surface area contributed by atoms with E-state index in [-0.39, 0.29) is 10.0 Å². The van der Waals surface area contributed by atoms with Gasteiger partial charge >= 0.3 is 6.18 Å². The Morgan fingerprint density at radius 1 is 1.38 bits per heavy atom. The molecule has 1 rings (SSSR count). The Balaban J connectivity index is 3.33. The van der Waals surface area contributed by atoms with E-state index in [0.717, 1.165) is 0 Å². The lowest BCUT2D eigenvalue weighted by Crippen LogP contribution is -2.11. The van der Waals surface area contributed by atoms with Crippen LogP contribution in [0.15, 0.2) is 16.6 Å². The number of carbonyl (C=O) groups is 1. The summed E-state index contributed by atoms with van der Waals surface area (Å²) in [5.74, 6) is -2.58. The molecule has 0 aliphatic heterocycles. The van der Waals surface area contributed by atoms with Gasteiger partial charge in [0.1, 0.15) is 5.82 Å². The fourth-order valence-electron chi connectivity index (χ4n) is 1.05. The van der Waals surface area contributed by atoms with E-state index < -0.39 is 29.2 Å². The average molecular weight is 319 g/mol. The summed E-state index contributed by atoms with van der Waals surface area (Å²) in [5.41, 5.74) is -1.63. The number of ketones is 1. The van der Waals surface area contributed by atoms with Gasteiger partial charge in [0.2, 0.25) is 0 Å². The van der Waals surface area contributed by atoms with Crippen LogP contribution < -0.4 is 0 Å². The Bertz CT molecular complexity index is 430. The number of benzene rings is 1. The molecule has 0 saturated heterocycles. The molecule has 0 bridgehead atoms. The lowest BCUT2D eigenvalue weighted by molar-refractivity contribution is -0.140. The first-order valence-corrected chi connectivity index (χ1v) is 5.25. The smallest absolute Gasteiger partial charge is 0.293 e. The Morgan fingerprint density at radius 3 is 2.38 bits per heavy atom. The fraction of sp³-hybridized carbons (Fsp3) is 0.222. The lowest BCUT2D eigenvalue weighted by Gasteiger charge is -2.10. The number of carbonyl (C=O) groups excluding carboxylic acids is 1. The molecule has 7 heteroatoms. The van der Waals surface area contributed by atoms with Crippen LogP contribution in [0.5, 0.6) is 0 Å². The maximum atomic E-state index is 13.1. The van der Waals surface area contributed by atoms with Crippen molar-refractivity contribution >= 4 is 33.3 Å². The molecule has 0 aliphatic carbocycles. The molecule has 0 unspecified atom stereocenters. The predicted octanol–water partition coefficient (Wildman–Crippen LogP) is 4.03. The van der Waals surface area contributed by atoms with Gasteiger partial charge in [0, 0.05) is 10.0 Å². The summed E-state index contributed by atoms with van der Waals surface area (Å²) < 4.78 is 49.8. The van der Waals surface area contributed by atoms with Crippen LogP contribution in [-0.4, -0.2) is 11.7 Å². The number of alkyl halides is 4. The van der Waals surface area contributed by atoms with Crippen LogP contribution >= 0.6 is 27.5 Å². The molecule has 0 N–H and O–H groups in total. The maximum absolute atomic E-state index is 13.1. The van der Waals surface area contributed by atoms with Crippen LogP contribution in [0.3, 0.4) is 0 Å². The normalized spacial score (nSPS) is 11.6. The third-order valence-electron chi connectivity index (χ3n) is 1.78. The molecule has 0 atom stereocenters. The molecular weight excluding hydrogens is 315 g/mol. The highest BCUT2D eigenvalue weighted by molar-refractivity contribution is 9.10. The molecule has 0 radical (unpaired) electrons. The van der Waals surface area contributed by atoms with Gasteiger partial charge in [-0.1, -0.05) is 15.9 Å². The third-order valence-corrected chi connectivity index (χ3v) is 2.68. The highest BCUT2D eigenvalue weighted by atomic mass is 79.9. The topological polar surface area (TPSA) is 17.1 Å². The Kier molecular flexibility index (Phi) is 3.96. The molecule has 0 spiro atoms. The monoisotopic (exact) mass is 318 g/mol. The first-order chi connectivity index (χ1) is 7.27. The van der Waals surface area contributed by atoms with Crippen LogP contribution in [0.25, 0.3) is 0 Å². The third kappa shape index (κ3) is 2.74. The quantitative estimate of drug-likeness (QED) is 0.457. The molecule has 1 nitrogen and oxygen atoms in total. The van der Waals surface area contributed by atoms with Crippen molar-refractivity contribution in [2.45, 2.75) is 6.18 Å². The van der Waals surface area contributed by atoms with Crippen molar-refractivity contribution < 1.29 is 22.4 Å². The minimum atomic E-state index is -4.80. The highest BCUT2D eigenvalue weighted by Gasteiger charge is 2.35. The average Bonchev–Trinajstić information content (AvgIpc) is 2.18. The first-order valence-electron chi connectivity index (χ1n) is 3.92. The maximum Gasteiger partial charge on any atom is 0.419 e. The molecule has 1 aromatic carbocycles. The highest BCUT2D eigenvalue weighted by Crippen LogP contribution is 2.34. The van der Waals surface area contributed by atoms with E-state index in [1.54, 1.807) is 0 Å². The van der Waals surface area contributed by atoms with Crippen molar-refractivity contribution in [3.8, 4) is 0 Å². The molecule has 0 heterocycles. The van der Waals surface area contributed by atoms with Gasteiger partial charge in [-0.25, -0.2) is 4.39 Å². The minimum absolute atomic E-state index is 0.133. The van der Waals surface area contributed by atoms with Crippen molar-refractivity contribution in [2.24, 2.45) is 0 Å². The summed E-state index contributed by atoms with van der Waals surface area (Å²) in [7, 11) is 0. The van der Waals surface area contributed by atoms with Crippen molar-refractivity contribution in [3.05, 3.63) is 33.5 Å². The van der Waals surface area contributed by atoms with Gasteiger partial charge in [-0.05, 0) is 12.1 Å². The van der Waals surface area contributed by atoms with Gasteiger partial charge in [0.05, 0.1) is 11.4 Å². The summed E-state index contributed by atoms with van der Waals surface area (Å²) in [6.45, 7) is 0. The lowest BCUT2D eigenvalue weighted by atomic mass is 10.1. The SMILES string of the molecule is O=C(CCl)c1cc(F)c(C(F)(F)F)cc1Br. The molecule has 16 heavy (non-hydrogen) atoms. The molecule has 0 aliphatic rings. The van der Waals surface area contributed by atoms with Crippen molar-refractivity contribution in [1.82, 2.24) is 0 Å². The standard InChI is InChI=1S/C9H4BrClF4O/c10-6-2-5(9(13,14)15)7(12)1-4(6)8(16)3-11/h1-2H,3H2. The number of halogens is 6. The minimum Gasteiger partial charge on any atom is -0.293 e. The number of rotatable bonds is 2. The zero-order valence-corrected chi connectivity index (χ0v) is 9.88. The van der Waals surface area contributed by atoms with Gasteiger partial charge in [-0.2, -0.15) is 13.2 Å². The van der Waals surface area contributed by atoms with E-state index in [2.05, 4.69) is 15.9 Å². The Labute approximate surface area is 102 Å². The zero-order valence-electron chi connectivity index (χ0n) is 7.54. The largest absolute Gasteiger partial charge is 0.419 e. The molecule has 0 aromatic heterocycles. The van der Waals surface area contributed by atoms with Gasteiger partial charge in [-0.3, -0.25) is 4.79 Å². The second-order valence-electron chi connectivity index (χ2n) is 2.87. The number of hydrogen-bond acceptors (Lipinski definition) is 1. The molecule has 0 amide bonds. The second kappa shape index (κ2) is 4.71. The van der Waals surface area contributed by atoms with E-state index in [1.165, 1.54) is 0 Å². The summed E-state index contributed by atoms with van der Waals surface area (Å²) in [5, 5.41) is 0. The summed E-state index contributed by atoms with van der Waals surface area (Å²) in [6, 6.07) is 1.05. The fourth-order valence-corrected chi connectivity index (χ4v) is 1.76. The van der Waals surface area contributed by atoms with Gasteiger partial charge in [0.15, 0.2) is 5.78 Å². The van der Waals surface area contributed by atoms with Crippen molar-refractivity contribution in [2.75, 3.05) is 5.88 Å². The van der Waals surface area contributed by atoms with Gasteiger partial charge in [-0.15, -0.1) is 11.6 Å². The molecule has 1 aromatic rings. The molecule has 0 saturated carbocycles. The number of hydrogen-bond donors (Lipinski definition) is 0. The summed E-state index contributed by atoms with van der Waals surface area (Å²) >= 11 is 7.99. The van der Waals surface area contributed by atoms with E-state index >= 15 is 0 Å². The van der Waals surface area contributed by atoms with Crippen molar-refractivity contribution in [3.63, 3.8) is 0 Å². The van der Waals surface area contributed by atoms with Crippen molar-refractivity contribution in [1.29, 1.82) is 0 Å². The van der Waals surface area contributed by atoms with E-state index in [1.807, 2.05) is 0 Å². The second-order valence-corrected chi connectivity index (χ2v) is 3.99. The van der Waals surface area contributed by atoms with E-state index in [4.69, 9.17) is 11.6 Å². The Morgan fingerprint density at radius 2 is 1.94 bits per heavy atom. The van der Waals surface area contributed by atoms with Crippen LogP contribution in [-0.2, 0) is 6.18 Å². The predicted molar refractivity (Wildman–Crippen MR) is 54.2 cm³/mol. The zero-order chi connectivity index (χ0) is 12.5. The first kappa shape index (κ1) is 13.4. The van der Waals surface area contributed by atoms with Crippen LogP contribution in [0, 0.1) is 5.82 Å². The molecule has 88 valence electrons. The Hall–Kier alpha value is -0.620. The molecule has 0 fully saturated rings. The van der Waals surface area contributed by atoms with Crippen LogP contribution in [0.4, 0.5) is 17.6 Å². The van der Waals surface area contributed by atoms with E-state index in [0.29, 0.717) is 12.1 Å². The van der Waals surface area contributed by atoms with Crippen LogP contribution in [0.2, 0.25) is 0 Å². The van der Waals surface area contributed by atoms with Crippen LogP contribution in [0.1, 0.15) is 15.9 Å². The van der Waals surface area contributed by atoms with E-state index in [9.17, 15) is 22.4 Å². The summed E-state index contributed by atoms with van der Waals surface area (Å²) in [6.07, 6.45) is -4.80. The molecular formula is C9H4BrClF4O. The van der Waals surface area contributed by atoms with Gasteiger partial charge in [0.25, 0.3) is 0 Å². The summed E-state index contributed by atoms with van der Waals surface area (Å²) in [4.78, 5) is 11.1.